The van der Waals surface area contributed by atoms with E-state index in [0.29, 0.717) is 24.3 Å². The summed E-state index contributed by atoms with van der Waals surface area (Å²) >= 11 is 7.98. The largest absolute Gasteiger partial charge is 0.464 e. The maximum Gasteiger partial charge on any atom is 0.323 e. The molecule has 0 aromatic rings. The van der Waals surface area contributed by atoms with E-state index in [4.69, 9.17) is 9.47 Å². The first kappa shape index (κ1) is 15.7. The van der Waals surface area contributed by atoms with Gasteiger partial charge in [0.1, 0.15) is 13.2 Å². The average Bonchev–Trinajstić information content (AvgIpc) is 2.42. The zero-order chi connectivity index (χ0) is 13.4. The highest BCUT2D eigenvalue weighted by atomic mass is 32.1. The molecule has 0 unspecified atom stereocenters. The molecule has 1 aliphatic rings. The van der Waals surface area contributed by atoms with Crippen molar-refractivity contribution in [3.05, 3.63) is 0 Å². The van der Waals surface area contributed by atoms with Gasteiger partial charge in [0, 0.05) is 11.5 Å². The van der Waals surface area contributed by atoms with Gasteiger partial charge in [-0.2, -0.15) is 25.3 Å². The normalized spacial score (nSPS) is 18.1. The van der Waals surface area contributed by atoms with Crippen molar-refractivity contribution in [1.29, 1.82) is 0 Å². The Morgan fingerprint density at radius 2 is 1.33 bits per heavy atom. The third-order valence-corrected chi connectivity index (χ3v) is 3.50. The number of rotatable bonds is 6. The van der Waals surface area contributed by atoms with E-state index < -0.39 is 17.4 Å². The minimum Gasteiger partial charge on any atom is -0.464 e. The quantitative estimate of drug-likeness (QED) is 0.446. The van der Waals surface area contributed by atoms with E-state index >= 15 is 0 Å². The van der Waals surface area contributed by atoms with Gasteiger partial charge in [0.25, 0.3) is 0 Å². The first-order valence-electron chi connectivity index (χ1n) is 6.23. The number of carbonyl (C=O) groups excluding carboxylic acids is 2. The molecule has 104 valence electrons. The average molecular weight is 292 g/mol. The van der Waals surface area contributed by atoms with E-state index in [9.17, 15) is 9.59 Å². The van der Waals surface area contributed by atoms with Crippen LogP contribution in [0.4, 0.5) is 0 Å². The SMILES string of the molecule is O=C(OCCS)C1(C(=O)OCCS)CCCCC1. The van der Waals surface area contributed by atoms with Crippen molar-refractivity contribution in [2.45, 2.75) is 32.1 Å². The second-order valence-corrected chi connectivity index (χ2v) is 5.26. The first-order chi connectivity index (χ1) is 8.67. The first-order valence-corrected chi connectivity index (χ1v) is 7.50. The molecule has 1 aliphatic carbocycles. The summed E-state index contributed by atoms with van der Waals surface area (Å²) in [5.41, 5.74) is -1.09. The number of hydrogen-bond donors (Lipinski definition) is 2. The van der Waals surface area contributed by atoms with Crippen LogP contribution in [0.2, 0.25) is 0 Å². The molecule has 0 heterocycles. The van der Waals surface area contributed by atoms with Gasteiger partial charge in [-0.15, -0.1) is 0 Å². The van der Waals surface area contributed by atoms with Crippen molar-refractivity contribution in [3.8, 4) is 0 Å². The van der Waals surface area contributed by atoms with Crippen LogP contribution in [0.15, 0.2) is 0 Å². The second-order valence-electron chi connectivity index (χ2n) is 4.36. The van der Waals surface area contributed by atoms with Gasteiger partial charge < -0.3 is 9.47 Å². The lowest BCUT2D eigenvalue weighted by atomic mass is 9.74. The summed E-state index contributed by atoms with van der Waals surface area (Å²) in [6.07, 6.45) is 3.78. The van der Waals surface area contributed by atoms with E-state index in [1.807, 2.05) is 0 Å². The summed E-state index contributed by atoms with van der Waals surface area (Å²) in [7, 11) is 0. The van der Waals surface area contributed by atoms with Crippen molar-refractivity contribution < 1.29 is 19.1 Å². The molecule has 1 saturated carbocycles. The second kappa shape index (κ2) is 7.94. The minimum atomic E-state index is -1.09. The number of ether oxygens (including phenoxy) is 2. The summed E-state index contributed by atoms with van der Waals surface area (Å²) in [6, 6.07) is 0. The van der Waals surface area contributed by atoms with Gasteiger partial charge in [0.15, 0.2) is 5.41 Å². The number of thiol groups is 2. The molecule has 0 saturated heterocycles. The molecular weight excluding hydrogens is 272 g/mol. The molecule has 0 aromatic heterocycles. The molecule has 4 nitrogen and oxygen atoms in total. The van der Waals surface area contributed by atoms with E-state index in [0.717, 1.165) is 19.3 Å². The fraction of sp³-hybridized carbons (Fsp3) is 0.833. The molecular formula is C12H20O4S2. The predicted molar refractivity (Wildman–Crippen MR) is 75.1 cm³/mol. The molecule has 0 amide bonds. The Balaban J connectivity index is 2.73. The standard InChI is InChI=1S/C12H20O4S2/c13-10(15-6-8-17)12(4-2-1-3-5-12)11(14)16-7-9-18/h17-18H,1-9H2. The summed E-state index contributed by atoms with van der Waals surface area (Å²) in [5.74, 6) is -0.0121. The summed E-state index contributed by atoms with van der Waals surface area (Å²) in [6.45, 7) is 0.451. The van der Waals surface area contributed by atoms with Gasteiger partial charge in [-0.3, -0.25) is 9.59 Å². The highest BCUT2D eigenvalue weighted by Gasteiger charge is 2.49. The molecule has 0 aliphatic heterocycles. The summed E-state index contributed by atoms with van der Waals surface area (Å²) in [5, 5.41) is 0. The van der Waals surface area contributed by atoms with Gasteiger partial charge >= 0.3 is 11.9 Å². The molecule has 0 spiro atoms. The zero-order valence-electron chi connectivity index (χ0n) is 10.4. The predicted octanol–water partition coefficient (Wildman–Crippen LogP) is 1.88. The number of carbonyl (C=O) groups is 2. The molecule has 0 bridgehead atoms. The van der Waals surface area contributed by atoms with E-state index in [1.165, 1.54) is 0 Å². The Kier molecular flexibility index (Phi) is 6.92. The highest BCUT2D eigenvalue weighted by Crippen LogP contribution is 2.38. The Bertz CT molecular complexity index is 266. The van der Waals surface area contributed by atoms with Crippen molar-refractivity contribution in [3.63, 3.8) is 0 Å². The molecule has 0 radical (unpaired) electrons. The fourth-order valence-electron chi connectivity index (χ4n) is 2.20. The topological polar surface area (TPSA) is 52.6 Å². The van der Waals surface area contributed by atoms with Crippen LogP contribution in [0.5, 0.6) is 0 Å². The Morgan fingerprint density at radius 1 is 0.889 bits per heavy atom. The highest BCUT2D eigenvalue weighted by molar-refractivity contribution is 7.80. The number of hydrogen-bond acceptors (Lipinski definition) is 6. The maximum atomic E-state index is 12.1. The van der Waals surface area contributed by atoms with Crippen LogP contribution in [0.25, 0.3) is 0 Å². The van der Waals surface area contributed by atoms with Crippen molar-refractivity contribution >= 4 is 37.2 Å². The minimum absolute atomic E-state index is 0.226. The Morgan fingerprint density at radius 3 is 1.72 bits per heavy atom. The molecule has 0 N–H and O–H groups in total. The van der Waals surface area contributed by atoms with Gasteiger partial charge in [-0.25, -0.2) is 0 Å². The van der Waals surface area contributed by atoms with Gasteiger partial charge in [0.05, 0.1) is 0 Å². The lowest BCUT2D eigenvalue weighted by molar-refractivity contribution is -0.174. The van der Waals surface area contributed by atoms with Gasteiger partial charge in [0.2, 0.25) is 0 Å². The van der Waals surface area contributed by atoms with Crippen LogP contribution in [0, 0.1) is 5.41 Å². The van der Waals surface area contributed by atoms with E-state index in [2.05, 4.69) is 25.3 Å². The van der Waals surface area contributed by atoms with Crippen molar-refractivity contribution in [2.75, 3.05) is 24.7 Å². The van der Waals surface area contributed by atoms with Gasteiger partial charge in [-0.1, -0.05) is 19.3 Å². The van der Waals surface area contributed by atoms with E-state index in [-0.39, 0.29) is 13.2 Å². The lowest BCUT2D eigenvalue weighted by Crippen LogP contribution is -2.44. The molecule has 1 fully saturated rings. The van der Waals surface area contributed by atoms with Crippen molar-refractivity contribution in [1.82, 2.24) is 0 Å². The van der Waals surface area contributed by atoms with Crippen LogP contribution >= 0.6 is 25.3 Å². The van der Waals surface area contributed by atoms with Crippen molar-refractivity contribution in [2.24, 2.45) is 5.41 Å². The summed E-state index contributed by atoms with van der Waals surface area (Å²) in [4.78, 5) is 24.2. The van der Waals surface area contributed by atoms with Crippen LogP contribution in [0.3, 0.4) is 0 Å². The summed E-state index contributed by atoms with van der Waals surface area (Å²) < 4.78 is 10.2. The molecule has 0 aromatic carbocycles. The third kappa shape index (κ3) is 3.82. The number of esters is 2. The Hall–Kier alpha value is -0.360. The smallest absolute Gasteiger partial charge is 0.323 e. The monoisotopic (exact) mass is 292 g/mol. The van der Waals surface area contributed by atoms with Crippen LogP contribution in [-0.4, -0.2) is 36.7 Å². The zero-order valence-corrected chi connectivity index (χ0v) is 12.2. The molecule has 18 heavy (non-hydrogen) atoms. The maximum absolute atomic E-state index is 12.1. The lowest BCUT2D eigenvalue weighted by Gasteiger charge is -2.32. The van der Waals surface area contributed by atoms with E-state index in [1.54, 1.807) is 0 Å². The molecule has 0 atom stereocenters. The fourth-order valence-corrected chi connectivity index (χ4v) is 2.38. The van der Waals surface area contributed by atoms with Crippen LogP contribution in [-0.2, 0) is 19.1 Å². The van der Waals surface area contributed by atoms with Gasteiger partial charge in [-0.05, 0) is 12.8 Å². The van der Waals surface area contributed by atoms with Crippen LogP contribution < -0.4 is 0 Å². The molecule has 6 heteroatoms. The van der Waals surface area contributed by atoms with Crippen LogP contribution in [0.1, 0.15) is 32.1 Å². The third-order valence-electron chi connectivity index (χ3n) is 3.14. The Labute approximate surface area is 119 Å². The molecule has 1 rings (SSSR count).